The van der Waals surface area contributed by atoms with Crippen LogP contribution in [-0.2, 0) is 36.8 Å². The molecule has 1 aliphatic carbocycles. The third-order valence-corrected chi connectivity index (χ3v) is 8.34. The smallest absolute Gasteiger partial charge is 0.243 e. The van der Waals surface area contributed by atoms with E-state index < -0.39 is 41.6 Å². The lowest BCUT2D eigenvalue weighted by Crippen LogP contribution is -2.57. The summed E-state index contributed by atoms with van der Waals surface area (Å²) in [7, 11) is 1.56. The van der Waals surface area contributed by atoms with E-state index in [-0.39, 0.29) is 37.1 Å². The Balaban J connectivity index is 1.49. The number of aliphatic hydroxyl groups is 1. The highest BCUT2D eigenvalue weighted by Gasteiger charge is 2.50. The zero-order valence-corrected chi connectivity index (χ0v) is 25.4. The number of aryl methyl sites for hydroxylation is 1. The van der Waals surface area contributed by atoms with Crippen LogP contribution in [-0.4, -0.2) is 72.2 Å². The third kappa shape index (κ3) is 8.87. The maximum atomic E-state index is 13.8. The van der Waals surface area contributed by atoms with Crippen LogP contribution >= 0.6 is 0 Å². The molecule has 4 atom stereocenters. The molecule has 1 saturated carbocycles. The molecule has 3 amide bonds. The van der Waals surface area contributed by atoms with Gasteiger partial charge >= 0.3 is 0 Å². The van der Waals surface area contributed by atoms with Gasteiger partial charge in [-0.25, -0.2) is 0 Å². The molecule has 0 spiro atoms. The Kier molecular flexibility index (Phi) is 10.6. The fourth-order valence-electron chi connectivity index (χ4n) is 5.30. The molecule has 1 aliphatic heterocycles. The maximum absolute atomic E-state index is 13.8. The van der Waals surface area contributed by atoms with E-state index in [0.29, 0.717) is 31.4 Å². The third-order valence-electron chi connectivity index (χ3n) is 8.34. The molecule has 0 aromatic heterocycles. The molecule has 1 heterocycles. The predicted octanol–water partition coefficient (Wildman–Crippen LogP) is 2.17. The van der Waals surface area contributed by atoms with Crippen molar-refractivity contribution in [1.82, 2.24) is 16.0 Å². The van der Waals surface area contributed by atoms with Crippen molar-refractivity contribution in [1.29, 1.82) is 0 Å². The predicted molar refractivity (Wildman–Crippen MR) is 160 cm³/mol. The normalized spacial score (nSPS) is 23.3. The first-order valence-corrected chi connectivity index (χ1v) is 14.9. The summed E-state index contributed by atoms with van der Waals surface area (Å²) in [6.45, 7) is 5.54. The van der Waals surface area contributed by atoms with Gasteiger partial charge in [-0.2, -0.15) is 0 Å². The number of ether oxygens (including phenoxy) is 2. The second kappa shape index (κ2) is 14.1. The van der Waals surface area contributed by atoms with Crippen LogP contribution in [0, 0.1) is 12.8 Å². The van der Waals surface area contributed by atoms with E-state index in [1.54, 1.807) is 33.1 Å². The first kappa shape index (κ1) is 32.2. The van der Waals surface area contributed by atoms with Crippen LogP contribution < -0.4 is 20.7 Å². The summed E-state index contributed by atoms with van der Waals surface area (Å²) in [4.78, 5) is 53.3. The zero-order chi connectivity index (χ0) is 31.1. The van der Waals surface area contributed by atoms with Crippen molar-refractivity contribution < 1.29 is 33.8 Å². The Morgan fingerprint density at radius 3 is 1.98 bits per heavy atom. The number of nitrogens with one attached hydrogen (secondary N) is 3. The highest BCUT2D eigenvalue weighted by atomic mass is 16.6. The van der Waals surface area contributed by atoms with Crippen molar-refractivity contribution >= 4 is 23.5 Å². The van der Waals surface area contributed by atoms with E-state index in [0.717, 1.165) is 16.7 Å². The standard InChI is InChI=1S/C33H43N3O7/c1-20-5-7-22(8-6-20)17-27(29(38)33(3)19-43-33)35-32(41)28(18-23-9-15-26(42-4)16-10-23)36-30(39)21(2)34-31(40)24-11-13-25(37)14-12-24/h5-10,15-16,21,24-25,27-28,37H,11-14,17-19H2,1-4H3,(H,34,40)(H,35,41)(H,36,39). The lowest BCUT2D eigenvalue weighted by molar-refractivity contribution is -0.134. The largest absolute Gasteiger partial charge is 0.497 e. The van der Waals surface area contributed by atoms with Crippen molar-refractivity contribution in [3.05, 3.63) is 65.2 Å². The molecule has 10 nitrogen and oxygen atoms in total. The van der Waals surface area contributed by atoms with Gasteiger partial charge in [0.2, 0.25) is 17.7 Å². The molecule has 4 rings (SSSR count). The highest BCUT2D eigenvalue weighted by molar-refractivity contribution is 5.98. The average Bonchev–Trinajstić information content (AvgIpc) is 3.75. The number of aliphatic hydroxyl groups excluding tert-OH is 1. The number of Topliss-reactive ketones (excluding diaryl/α,β-unsaturated/α-hetero) is 1. The van der Waals surface area contributed by atoms with Crippen LogP contribution in [0.5, 0.6) is 5.75 Å². The van der Waals surface area contributed by atoms with E-state index in [2.05, 4.69) is 16.0 Å². The lowest BCUT2D eigenvalue weighted by Gasteiger charge is -2.27. The fraction of sp³-hybridized carbons (Fsp3) is 0.515. The first-order chi connectivity index (χ1) is 20.5. The van der Waals surface area contributed by atoms with E-state index >= 15 is 0 Å². The Bertz CT molecular complexity index is 1280. The molecule has 43 heavy (non-hydrogen) atoms. The topological polar surface area (TPSA) is 146 Å². The molecule has 2 aromatic rings. The number of ketones is 1. The summed E-state index contributed by atoms with van der Waals surface area (Å²) in [6.07, 6.45) is 2.26. The Labute approximate surface area is 252 Å². The summed E-state index contributed by atoms with van der Waals surface area (Å²) in [5.41, 5.74) is 1.79. The molecule has 4 N–H and O–H groups in total. The van der Waals surface area contributed by atoms with Crippen molar-refractivity contribution in [3.8, 4) is 5.75 Å². The average molecular weight is 594 g/mol. The number of epoxide rings is 1. The first-order valence-electron chi connectivity index (χ1n) is 14.9. The van der Waals surface area contributed by atoms with Crippen LogP contribution in [0.25, 0.3) is 0 Å². The van der Waals surface area contributed by atoms with Gasteiger partial charge in [-0.05, 0) is 76.1 Å². The molecule has 2 aliphatic rings. The monoisotopic (exact) mass is 593 g/mol. The van der Waals surface area contributed by atoms with Crippen LogP contribution in [0.15, 0.2) is 48.5 Å². The molecule has 232 valence electrons. The van der Waals surface area contributed by atoms with E-state index in [1.807, 2.05) is 43.3 Å². The van der Waals surface area contributed by atoms with Crippen LogP contribution in [0.2, 0.25) is 0 Å². The molecular weight excluding hydrogens is 550 g/mol. The van der Waals surface area contributed by atoms with E-state index in [1.165, 1.54) is 0 Å². The Hall–Kier alpha value is -3.76. The van der Waals surface area contributed by atoms with E-state index in [4.69, 9.17) is 9.47 Å². The highest BCUT2D eigenvalue weighted by Crippen LogP contribution is 2.29. The number of carbonyl (C=O) groups is 4. The van der Waals surface area contributed by atoms with Crippen molar-refractivity contribution in [2.24, 2.45) is 5.92 Å². The number of benzene rings is 2. The van der Waals surface area contributed by atoms with Gasteiger partial charge < -0.3 is 30.5 Å². The Morgan fingerprint density at radius 2 is 1.42 bits per heavy atom. The second-order valence-corrected chi connectivity index (χ2v) is 12.0. The van der Waals surface area contributed by atoms with Crippen molar-refractivity contribution in [2.75, 3.05) is 13.7 Å². The number of methoxy groups -OCH3 is 1. The SMILES string of the molecule is COc1ccc(CC(NC(=O)C(C)NC(=O)C2CCC(O)CC2)C(=O)NC(Cc2ccc(C)cc2)C(=O)C2(C)CO2)cc1. The lowest BCUT2D eigenvalue weighted by atomic mass is 9.87. The summed E-state index contributed by atoms with van der Waals surface area (Å²) >= 11 is 0. The number of hydrogen-bond acceptors (Lipinski definition) is 7. The number of hydrogen-bond donors (Lipinski definition) is 4. The molecule has 10 heteroatoms. The minimum Gasteiger partial charge on any atom is -0.497 e. The van der Waals surface area contributed by atoms with Gasteiger partial charge in [0.15, 0.2) is 5.78 Å². The van der Waals surface area contributed by atoms with Gasteiger partial charge in [0.05, 0.1) is 25.9 Å². The van der Waals surface area contributed by atoms with Crippen molar-refractivity contribution in [2.45, 2.75) is 89.1 Å². The minimum atomic E-state index is -1.02. The van der Waals surface area contributed by atoms with Crippen LogP contribution in [0.1, 0.15) is 56.2 Å². The minimum absolute atomic E-state index is 0.155. The molecule has 0 radical (unpaired) electrons. The molecule has 0 bridgehead atoms. The second-order valence-electron chi connectivity index (χ2n) is 12.0. The molecule has 2 fully saturated rings. The maximum Gasteiger partial charge on any atom is 0.243 e. The van der Waals surface area contributed by atoms with Gasteiger partial charge in [-0.3, -0.25) is 19.2 Å². The van der Waals surface area contributed by atoms with Gasteiger partial charge in [-0.1, -0.05) is 42.0 Å². The van der Waals surface area contributed by atoms with Gasteiger partial charge in [-0.15, -0.1) is 0 Å². The molecule has 1 saturated heterocycles. The molecule has 4 unspecified atom stereocenters. The number of rotatable bonds is 13. The summed E-state index contributed by atoms with van der Waals surface area (Å²) < 4.78 is 10.6. The van der Waals surface area contributed by atoms with Crippen LogP contribution in [0.4, 0.5) is 0 Å². The quantitative estimate of drug-likeness (QED) is 0.261. The summed E-state index contributed by atoms with van der Waals surface area (Å²) in [5.74, 6) is -1.12. The number of carbonyl (C=O) groups excluding carboxylic acids is 4. The molecule has 2 aromatic carbocycles. The van der Waals surface area contributed by atoms with Gasteiger partial charge in [0.25, 0.3) is 0 Å². The Morgan fingerprint density at radius 1 is 0.884 bits per heavy atom. The number of amides is 3. The van der Waals surface area contributed by atoms with E-state index in [9.17, 15) is 24.3 Å². The summed E-state index contributed by atoms with van der Waals surface area (Å²) in [5, 5.41) is 18.2. The zero-order valence-electron chi connectivity index (χ0n) is 25.4. The fourth-order valence-corrected chi connectivity index (χ4v) is 5.30. The van der Waals surface area contributed by atoms with Crippen LogP contribution in [0.3, 0.4) is 0 Å². The van der Waals surface area contributed by atoms with Gasteiger partial charge in [0, 0.05) is 12.3 Å². The molecular formula is C33H43N3O7. The van der Waals surface area contributed by atoms with Crippen molar-refractivity contribution in [3.63, 3.8) is 0 Å². The summed E-state index contributed by atoms with van der Waals surface area (Å²) in [6, 6.07) is 12.1. The van der Waals surface area contributed by atoms with Gasteiger partial charge in [0.1, 0.15) is 23.4 Å².